The first-order chi connectivity index (χ1) is 18.8. The molecule has 0 aromatic heterocycles. The quantitative estimate of drug-likeness (QED) is 0.0733. The molecule has 0 amide bonds. The van der Waals surface area contributed by atoms with Crippen LogP contribution in [0, 0.1) is 0 Å². The van der Waals surface area contributed by atoms with E-state index in [4.69, 9.17) is 5.73 Å². The zero-order valence-electron chi connectivity index (χ0n) is 27.1. The van der Waals surface area contributed by atoms with Gasteiger partial charge in [0.15, 0.2) is 0 Å². The Hall–Kier alpha value is -0.0400. The van der Waals surface area contributed by atoms with Gasteiger partial charge in [-0.05, 0) is 12.8 Å². The molecule has 1 nitrogen and oxygen atoms in total. The van der Waals surface area contributed by atoms with Crippen LogP contribution in [0.1, 0.15) is 232 Å². The van der Waals surface area contributed by atoms with Crippen LogP contribution in [0.4, 0.5) is 0 Å². The molecular weight excluding hydrogens is 458 g/mol. The zero-order valence-corrected chi connectivity index (χ0v) is 27.1. The van der Waals surface area contributed by atoms with E-state index in [0.717, 1.165) is 12.8 Å². The van der Waals surface area contributed by atoms with E-state index in [1.54, 1.807) is 0 Å². The van der Waals surface area contributed by atoms with Gasteiger partial charge >= 0.3 is 0 Å². The summed E-state index contributed by atoms with van der Waals surface area (Å²) in [6.45, 7) is 4.60. The number of hydrogen-bond donors (Lipinski definition) is 0. The van der Waals surface area contributed by atoms with Crippen LogP contribution in [0.5, 0.6) is 0 Å². The maximum atomic E-state index is 8.34. The van der Waals surface area contributed by atoms with E-state index in [-0.39, 0.29) is 6.04 Å². The summed E-state index contributed by atoms with van der Waals surface area (Å²) in [4.78, 5) is 0. The van der Waals surface area contributed by atoms with Crippen LogP contribution in [0.15, 0.2) is 0 Å². The summed E-state index contributed by atoms with van der Waals surface area (Å²) in [5.41, 5.74) is 8.34. The molecule has 229 valence electrons. The lowest BCUT2D eigenvalue weighted by molar-refractivity contribution is 0.470. The summed E-state index contributed by atoms with van der Waals surface area (Å²) in [6, 6.07) is 0.216. The molecule has 0 saturated heterocycles. The second-order valence-electron chi connectivity index (χ2n) is 12.9. The molecule has 0 rings (SSSR count). The molecule has 0 aliphatic rings. The monoisotopic (exact) mass is 535 g/mol. The van der Waals surface area contributed by atoms with Crippen LogP contribution in [-0.4, -0.2) is 6.04 Å². The molecule has 0 aliphatic heterocycles. The highest BCUT2D eigenvalue weighted by molar-refractivity contribution is 4.61. The van der Waals surface area contributed by atoms with Crippen molar-refractivity contribution >= 4 is 0 Å². The number of hydrogen-bond acceptors (Lipinski definition) is 0. The van der Waals surface area contributed by atoms with Gasteiger partial charge in [-0.25, -0.2) is 0 Å². The third-order valence-electron chi connectivity index (χ3n) is 8.81. The van der Waals surface area contributed by atoms with Gasteiger partial charge in [-0.2, -0.15) is 0 Å². The Morgan fingerprint density at radius 3 is 0.605 bits per heavy atom. The number of rotatable bonds is 34. The first-order valence-electron chi connectivity index (χ1n) is 18.5. The second-order valence-corrected chi connectivity index (χ2v) is 12.9. The average Bonchev–Trinajstić information content (AvgIpc) is 2.92. The van der Waals surface area contributed by atoms with E-state index in [1.165, 1.54) is 205 Å². The molecule has 1 N–H and O–H groups in total. The van der Waals surface area contributed by atoms with Crippen molar-refractivity contribution in [3.05, 3.63) is 0 Å². The molecule has 0 fully saturated rings. The Bertz CT molecular complexity index is 356. The lowest BCUT2D eigenvalue weighted by atomic mass is 10.00. The van der Waals surface area contributed by atoms with Gasteiger partial charge in [-0.1, -0.05) is 219 Å². The Labute approximate surface area is 243 Å². The van der Waals surface area contributed by atoms with Crippen LogP contribution in [0.2, 0.25) is 0 Å². The van der Waals surface area contributed by atoms with Gasteiger partial charge in [0.25, 0.3) is 0 Å². The van der Waals surface area contributed by atoms with E-state index in [2.05, 4.69) is 13.8 Å². The lowest BCUT2D eigenvalue weighted by Crippen LogP contribution is -2.08. The van der Waals surface area contributed by atoms with Crippen molar-refractivity contribution in [2.45, 2.75) is 238 Å². The van der Waals surface area contributed by atoms with Crippen molar-refractivity contribution in [3.63, 3.8) is 0 Å². The van der Waals surface area contributed by atoms with Crippen LogP contribution >= 0.6 is 0 Å². The minimum atomic E-state index is 0.216. The van der Waals surface area contributed by atoms with Crippen molar-refractivity contribution < 1.29 is 0 Å². The Morgan fingerprint density at radius 1 is 0.263 bits per heavy atom. The predicted octanol–water partition coefficient (Wildman–Crippen LogP) is 13.9. The summed E-state index contributed by atoms with van der Waals surface area (Å²) < 4.78 is 0. The standard InChI is InChI=1S/C37H76N/c1-3-5-7-9-11-13-15-17-19-21-23-25-27-29-31-33-35-37(38)36-34-32-30-28-26-24-22-20-18-16-14-12-10-8-6-4-2/h37-38H,3-36H2,1-2H3. The number of nitrogens with one attached hydrogen (secondary N) is 1. The van der Waals surface area contributed by atoms with Crippen molar-refractivity contribution in [3.8, 4) is 0 Å². The van der Waals surface area contributed by atoms with Gasteiger partial charge in [0, 0.05) is 6.04 Å². The van der Waals surface area contributed by atoms with Gasteiger partial charge < -0.3 is 0 Å². The van der Waals surface area contributed by atoms with Crippen LogP contribution in [-0.2, 0) is 0 Å². The summed E-state index contributed by atoms with van der Waals surface area (Å²) in [5, 5.41) is 0. The first-order valence-corrected chi connectivity index (χ1v) is 18.5. The molecule has 0 bridgehead atoms. The Kier molecular flexibility index (Phi) is 35.0. The van der Waals surface area contributed by atoms with Crippen LogP contribution in [0.25, 0.3) is 0 Å². The summed E-state index contributed by atoms with van der Waals surface area (Å²) in [7, 11) is 0. The third-order valence-corrected chi connectivity index (χ3v) is 8.81. The molecule has 0 saturated carbocycles. The van der Waals surface area contributed by atoms with Crippen molar-refractivity contribution in [1.82, 2.24) is 5.73 Å². The normalized spacial score (nSPS) is 11.7. The maximum Gasteiger partial charge on any atom is 0.0213 e. The smallest absolute Gasteiger partial charge is 0.0213 e. The van der Waals surface area contributed by atoms with E-state index in [9.17, 15) is 0 Å². The van der Waals surface area contributed by atoms with E-state index >= 15 is 0 Å². The molecule has 38 heavy (non-hydrogen) atoms. The highest BCUT2D eigenvalue weighted by Crippen LogP contribution is 2.17. The molecule has 0 aromatic carbocycles. The topological polar surface area (TPSA) is 23.8 Å². The Balaban J connectivity index is 3.13. The van der Waals surface area contributed by atoms with Crippen molar-refractivity contribution in [1.29, 1.82) is 0 Å². The molecule has 0 spiro atoms. The molecule has 0 aromatic rings. The number of unbranched alkanes of at least 4 members (excludes halogenated alkanes) is 30. The molecule has 0 heterocycles. The van der Waals surface area contributed by atoms with E-state index < -0.39 is 0 Å². The molecule has 0 aliphatic carbocycles. The fraction of sp³-hybridized carbons (Fsp3) is 1.00. The summed E-state index contributed by atoms with van der Waals surface area (Å²) in [6.07, 6.45) is 48.2. The molecule has 0 atom stereocenters. The SMILES string of the molecule is CCCCCCCCCCCCCCCCCCC([NH])CCCCCCCCCCCCCCCCCC. The predicted molar refractivity (Wildman–Crippen MR) is 175 cm³/mol. The zero-order chi connectivity index (χ0) is 27.6. The van der Waals surface area contributed by atoms with Gasteiger partial charge in [-0.3, -0.25) is 5.73 Å². The summed E-state index contributed by atoms with van der Waals surface area (Å²) >= 11 is 0. The van der Waals surface area contributed by atoms with Gasteiger partial charge in [-0.15, -0.1) is 0 Å². The summed E-state index contributed by atoms with van der Waals surface area (Å²) in [5.74, 6) is 0. The molecule has 1 heteroatoms. The minimum absolute atomic E-state index is 0.216. The van der Waals surface area contributed by atoms with Gasteiger partial charge in [0.05, 0.1) is 0 Å². The first kappa shape index (κ1) is 38.0. The fourth-order valence-electron chi connectivity index (χ4n) is 6.02. The third kappa shape index (κ3) is 34.0. The molecule has 0 unspecified atom stereocenters. The van der Waals surface area contributed by atoms with Crippen molar-refractivity contribution in [2.75, 3.05) is 0 Å². The van der Waals surface area contributed by atoms with E-state index in [0.29, 0.717) is 0 Å². The van der Waals surface area contributed by atoms with Gasteiger partial charge in [0.1, 0.15) is 0 Å². The maximum absolute atomic E-state index is 8.34. The highest BCUT2D eigenvalue weighted by Gasteiger charge is 2.03. The largest absolute Gasteiger partial charge is 0.255 e. The molecular formula is C37H76N. The van der Waals surface area contributed by atoms with Crippen LogP contribution < -0.4 is 5.73 Å². The second kappa shape index (κ2) is 35.0. The highest BCUT2D eigenvalue weighted by atomic mass is 14.6. The van der Waals surface area contributed by atoms with E-state index in [1.807, 2.05) is 0 Å². The molecule has 1 radical (unpaired) electrons. The average molecular weight is 535 g/mol. The van der Waals surface area contributed by atoms with Gasteiger partial charge in [0.2, 0.25) is 0 Å². The van der Waals surface area contributed by atoms with Crippen molar-refractivity contribution in [2.24, 2.45) is 0 Å². The lowest BCUT2D eigenvalue weighted by Gasteiger charge is -2.10. The fourth-order valence-corrected chi connectivity index (χ4v) is 6.02. The van der Waals surface area contributed by atoms with Crippen LogP contribution in [0.3, 0.4) is 0 Å². The minimum Gasteiger partial charge on any atom is -0.255 e. The Morgan fingerprint density at radius 2 is 0.421 bits per heavy atom.